The highest BCUT2D eigenvalue weighted by Crippen LogP contribution is 2.38. The van der Waals surface area contributed by atoms with Crippen LogP contribution >= 0.6 is 0 Å². The van der Waals surface area contributed by atoms with Gasteiger partial charge in [-0.1, -0.05) is 13.8 Å². The molecule has 44 heavy (non-hydrogen) atoms. The monoisotopic (exact) mass is 606 g/mol. The van der Waals surface area contributed by atoms with Gasteiger partial charge in [-0.3, -0.25) is 19.1 Å². The molecule has 0 radical (unpaired) electrons. The molecule has 13 heteroatoms. The van der Waals surface area contributed by atoms with Crippen LogP contribution in [0.2, 0.25) is 0 Å². The average Bonchev–Trinajstić information content (AvgIpc) is 3.66. The summed E-state index contributed by atoms with van der Waals surface area (Å²) in [7, 11) is 0. The highest BCUT2D eigenvalue weighted by Gasteiger charge is 2.37. The Morgan fingerprint density at radius 3 is 2.34 bits per heavy atom. The summed E-state index contributed by atoms with van der Waals surface area (Å²) in [6.07, 6.45) is 1.29. The number of aromatic nitrogens is 3. The summed E-state index contributed by atoms with van der Waals surface area (Å²) in [4.78, 5) is 40.3. The smallest absolute Gasteiger partial charge is 0.407 e. The van der Waals surface area contributed by atoms with E-state index in [1.165, 1.54) is 11.0 Å². The molecule has 0 aliphatic carbocycles. The number of hydrogen-bond donors (Lipinski definition) is 4. The molecule has 2 aliphatic rings. The number of carbonyl (C=O) groups is 3. The van der Waals surface area contributed by atoms with Crippen LogP contribution in [0.5, 0.6) is 17.2 Å². The lowest BCUT2D eigenvalue weighted by Gasteiger charge is -2.35. The van der Waals surface area contributed by atoms with Crippen LogP contribution in [-0.2, 0) is 4.79 Å². The molecule has 0 bridgehead atoms. The number of rotatable bonds is 8. The minimum absolute atomic E-state index is 0.0304. The Kier molecular flexibility index (Phi) is 8.93. The first-order valence-electron chi connectivity index (χ1n) is 14.9. The highest BCUT2D eigenvalue weighted by atomic mass is 16.5. The third-order valence-electron chi connectivity index (χ3n) is 8.15. The molecule has 0 unspecified atom stereocenters. The summed E-state index contributed by atoms with van der Waals surface area (Å²) in [5.74, 6) is 0.0483. The first kappa shape index (κ1) is 30.6. The Morgan fingerprint density at radius 1 is 1.00 bits per heavy atom. The van der Waals surface area contributed by atoms with Crippen molar-refractivity contribution in [1.29, 1.82) is 0 Å². The number of likely N-dealkylation sites (tertiary alicyclic amines) is 2. The summed E-state index contributed by atoms with van der Waals surface area (Å²) >= 11 is 0. The van der Waals surface area contributed by atoms with Gasteiger partial charge in [0.2, 0.25) is 11.7 Å². The number of amides is 3. The number of ether oxygens (including phenoxy) is 1. The predicted molar refractivity (Wildman–Crippen MR) is 160 cm³/mol. The zero-order valence-electron chi connectivity index (χ0n) is 25.1. The molecular weight excluding hydrogens is 568 g/mol. The summed E-state index contributed by atoms with van der Waals surface area (Å²) in [5, 5.41) is 41.6. The maximum Gasteiger partial charge on any atom is 0.407 e. The lowest BCUT2D eigenvalue weighted by molar-refractivity contribution is -0.137. The molecule has 234 valence electrons. The van der Waals surface area contributed by atoms with Crippen LogP contribution in [0.1, 0.15) is 68.6 Å². The Morgan fingerprint density at radius 2 is 1.70 bits per heavy atom. The second-order valence-electron chi connectivity index (χ2n) is 11.4. The van der Waals surface area contributed by atoms with Crippen LogP contribution in [0.3, 0.4) is 0 Å². The molecule has 2 aliphatic heterocycles. The summed E-state index contributed by atoms with van der Waals surface area (Å²) < 4.78 is 7.77. The Labute approximate surface area is 255 Å². The second-order valence-corrected chi connectivity index (χ2v) is 11.4. The highest BCUT2D eigenvalue weighted by molar-refractivity contribution is 5.92. The Bertz CT molecular complexity index is 1530. The van der Waals surface area contributed by atoms with Crippen LogP contribution in [0, 0.1) is 0 Å². The van der Waals surface area contributed by atoms with Crippen LogP contribution in [-0.4, -0.2) is 96.1 Å². The van der Waals surface area contributed by atoms with E-state index in [0.717, 1.165) is 0 Å². The lowest BCUT2D eigenvalue weighted by Crippen LogP contribution is -2.50. The van der Waals surface area contributed by atoms with Gasteiger partial charge in [0.05, 0.1) is 5.56 Å². The van der Waals surface area contributed by atoms with Gasteiger partial charge in [0.1, 0.15) is 29.4 Å². The van der Waals surface area contributed by atoms with E-state index >= 15 is 0 Å². The fourth-order valence-electron chi connectivity index (χ4n) is 5.85. The maximum absolute atomic E-state index is 13.0. The second kappa shape index (κ2) is 12.8. The molecule has 0 spiro atoms. The number of piperidine rings is 1. The molecule has 2 saturated heterocycles. The molecule has 1 atom stereocenters. The van der Waals surface area contributed by atoms with Crippen molar-refractivity contribution in [2.45, 2.75) is 64.5 Å². The van der Waals surface area contributed by atoms with E-state index in [0.29, 0.717) is 74.4 Å². The number of carboxylic acid groups (broad SMARTS) is 1. The average molecular weight is 607 g/mol. The fourth-order valence-corrected chi connectivity index (χ4v) is 5.85. The summed E-state index contributed by atoms with van der Waals surface area (Å²) in [6.45, 7) is 7.38. The van der Waals surface area contributed by atoms with E-state index in [1.807, 2.05) is 13.8 Å². The van der Waals surface area contributed by atoms with Crippen molar-refractivity contribution in [3.63, 3.8) is 0 Å². The van der Waals surface area contributed by atoms with Gasteiger partial charge in [-0.15, -0.1) is 10.2 Å². The van der Waals surface area contributed by atoms with E-state index in [4.69, 9.17) is 4.74 Å². The minimum Gasteiger partial charge on any atom is -0.508 e. The molecule has 2 aromatic carbocycles. The van der Waals surface area contributed by atoms with Gasteiger partial charge in [-0.25, -0.2) is 4.79 Å². The van der Waals surface area contributed by atoms with Crippen LogP contribution < -0.4 is 10.1 Å². The van der Waals surface area contributed by atoms with Crippen molar-refractivity contribution in [3.8, 4) is 34.3 Å². The van der Waals surface area contributed by atoms with E-state index in [-0.39, 0.29) is 41.1 Å². The number of aromatic hydroxyl groups is 2. The van der Waals surface area contributed by atoms with E-state index < -0.39 is 18.0 Å². The quantitative estimate of drug-likeness (QED) is 0.298. The number of nitrogens with zero attached hydrogens (tertiary/aromatic N) is 5. The molecule has 3 aromatic rings. The van der Waals surface area contributed by atoms with Gasteiger partial charge in [0.15, 0.2) is 5.82 Å². The molecule has 13 nitrogen and oxygen atoms in total. The van der Waals surface area contributed by atoms with Crippen molar-refractivity contribution in [1.82, 2.24) is 29.9 Å². The minimum atomic E-state index is -1.06. The predicted octanol–water partition coefficient (Wildman–Crippen LogP) is 3.73. The zero-order valence-corrected chi connectivity index (χ0v) is 25.1. The van der Waals surface area contributed by atoms with E-state index in [1.54, 1.807) is 46.7 Å². The first-order chi connectivity index (χ1) is 21.1. The SMILES string of the molecule is CCNC(=O)c1nnc(-c2cc(C(C)C)c(O)cc2O)n1-c1ccc(OC2CCN(C(=O)[C@@H]3CCCN3C(=O)O)CC2)cc1. The van der Waals surface area contributed by atoms with Crippen LogP contribution in [0.25, 0.3) is 17.1 Å². The topological polar surface area (TPSA) is 170 Å². The molecule has 5 rings (SSSR count). The number of carbonyl (C=O) groups excluding carboxylic acids is 2. The van der Waals surface area contributed by atoms with Gasteiger partial charge in [-0.05, 0) is 61.6 Å². The van der Waals surface area contributed by atoms with E-state index in [2.05, 4.69) is 15.5 Å². The number of benzene rings is 2. The molecule has 0 saturated carbocycles. The van der Waals surface area contributed by atoms with Crippen molar-refractivity contribution in [2.75, 3.05) is 26.2 Å². The Hall–Kier alpha value is -4.81. The zero-order chi connectivity index (χ0) is 31.5. The number of hydrogen-bond acceptors (Lipinski definition) is 8. The molecule has 3 heterocycles. The lowest BCUT2D eigenvalue weighted by atomic mass is 9.98. The number of phenols is 2. The van der Waals surface area contributed by atoms with Crippen molar-refractivity contribution in [3.05, 3.63) is 47.8 Å². The number of nitrogens with one attached hydrogen (secondary N) is 1. The van der Waals surface area contributed by atoms with Crippen molar-refractivity contribution in [2.24, 2.45) is 0 Å². The first-order valence-corrected chi connectivity index (χ1v) is 14.9. The van der Waals surface area contributed by atoms with Crippen LogP contribution in [0.15, 0.2) is 36.4 Å². The fraction of sp³-hybridized carbons (Fsp3) is 0.452. The largest absolute Gasteiger partial charge is 0.508 e. The molecule has 3 amide bonds. The molecule has 4 N–H and O–H groups in total. The molecule has 2 fully saturated rings. The van der Waals surface area contributed by atoms with Gasteiger partial charge in [0, 0.05) is 50.8 Å². The normalized spacial score (nSPS) is 17.2. The summed E-state index contributed by atoms with van der Waals surface area (Å²) in [6, 6.07) is 9.40. The molecule has 1 aromatic heterocycles. The number of phenolic OH excluding ortho intramolecular Hbond substituents is 2. The van der Waals surface area contributed by atoms with Gasteiger partial charge in [0.25, 0.3) is 5.91 Å². The third kappa shape index (κ3) is 6.12. The van der Waals surface area contributed by atoms with Gasteiger partial charge in [-0.2, -0.15) is 0 Å². The van der Waals surface area contributed by atoms with Gasteiger partial charge >= 0.3 is 6.09 Å². The van der Waals surface area contributed by atoms with Crippen molar-refractivity contribution >= 4 is 17.9 Å². The van der Waals surface area contributed by atoms with E-state index in [9.17, 15) is 29.7 Å². The standard InChI is InChI=1S/C31H38N6O7/c1-4-32-29(40)28-34-33-27(23-16-22(18(2)3)25(38)17-26(23)39)37(28)19-7-9-20(10-8-19)44-21-11-14-35(15-12-21)30(41)24-6-5-13-36(24)31(42)43/h7-10,16-18,21,24,38-39H,4-6,11-15H2,1-3H3,(H,32,40)(H,42,43)/t24-/m0/s1. The Balaban J connectivity index is 1.33. The maximum atomic E-state index is 13.0. The summed E-state index contributed by atoms with van der Waals surface area (Å²) in [5.41, 5.74) is 1.50. The molecular formula is C31H38N6O7. The van der Waals surface area contributed by atoms with Gasteiger partial charge < -0.3 is 30.3 Å². The van der Waals surface area contributed by atoms with Crippen molar-refractivity contribution < 1.29 is 34.4 Å². The van der Waals surface area contributed by atoms with Crippen LogP contribution in [0.4, 0.5) is 4.79 Å². The third-order valence-corrected chi connectivity index (χ3v) is 8.15.